The Kier molecular flexibility index (Phi) is 7.49. The van der Waals surface area contributed by atoms with Gasteiger partial charge in [0.2, 0.25) is 5.91 Å². The van der Waals surface area contributed by atoms with Gasteiger partial charge in [0.15, 0.2) is 5.17 Å². The predicted molar refractivity (Wildman–Crippen MR) is 134 cm³/mol. The zero-order valence-electron chi connectivity index (χ0n) is 18.5. The lowest BCUT2D eigenvalue weighted by atomic mass is 9.93. The quantitative estimate of drug-likeness (QED) is 0.421. The smallest absolute Gasteiger partial charge is 0.338 e. The fraction of sp³-hybridized carbons (Fsp3) is 0.200. The highest BCUT2D eigenvalue weighted by Gasteiger charge is 2.41. The van der Waals surface area contributed by atoms with Crippen molar-refractivity contribution >= 4 is 40.4 Å². The van der Waals surface area contributed by atoms with Gasteiger partial charge in [-0.05, 0) is 41.7 Å². The Morgan fingerprint density at radius 3 is 2.76 bits per heavy atom. The van der Waals surface area contributed by atoms with Crippen LogP contribution in [0.3, 0.4) is 0 Å². The van der Waals surface area contributed by atoms with E-state index in [9.17, 15) is 9.59 Å². The lowest BCUT2D eigenvalue weighted by molar-refractivity contribution is -0.138. The largest absolute Gasteiger partial charge is 0.458 e. The summed E-state index contributed by atoms with van der Waals surface area (Å²) in [5.41, 5.74) is 3.34. The number of amidine groups is 1. The standard InChI is InChI=1S/C25H23ClN4O3S/c1-3-12-33-24(32)22-16(2)29-25-30(23(22)19-6-4-5-7-20(19)26)18(15-34-25)13-21(31)28-14-17-8-10-27-11-9-17/h3-11,15,23H,1,12-14H2,2H3,(H,28,31)/t23-/m1/s1. The summed E-state index contributed by atoms with van der Waals surface area (Å²) >= 11 is 7.98. The van der Waals surface area contributed by atoms with Crippen LogP contribution in [0.5, 0.6) is 0 Å². The van der Waals surface area contributed by atoms with Crippen LogP contribution in [-0.4, -0.2) is 33.5 Å². The number of aromatic nitrogens is 1. The molecule has 1 atom stereocenters. The number of allylic oxidation sites excluding steroid dienone is 1. The number of rotatable bonds is 8. The average Bonchev–Trinajstić information content (AvgIpc) is 3.23. The molecule has 2 aromatic rings. The van der Waals surface area contributed by atoms with Gasteiger partial charge in [-0.3, -0.25) is 9.78 Å². The van der Waals surface area contributed by atoms with Crippen molar-refractivity contribution in [3.8, 4) is 0 Å². The molecule has 1 aromatic carbocycles. The van der Waals surface area contributed by atoms with Crippen LogP contribution in [-0.2, 0) is 20.9 Å². The maximum absolute atomic E-state index is 13.1. The molecule has 4 rings (SSSR count). The molecule has 0 fully saturated rings. The molecule has 0 unspecified atom stereocenters. The van der Waals surface area contributed by atoms with E-state index in [0.717, 1.165) is 16.8 Å². The van der Waals surface area contributed by atoms with Crippen LogP contribution in [0.25, 0.3) is 0 Å². The van der Waals surface area contributed by atoms with Crippen molar-refractivity contribution in [3.63, 3.8) is 0 Å². The first-order chi connectivity index (χ1) is 16.5. The minimum absolute atomic E-state index is 0.0796. The number of fused-ring (bicyclic) bond motifs is 1. The second-order valence-corrected chi connectivity index (χ2v) is 8.85. The van der Waals surface area contributed by atoms with Crippen molar-refractivity contribution in [2.24, 2.45) is 4.99 Å². The highest BCUT2D eigenvalue weighted by molar-refractivity contribution is 8.16. The highest BCUT2D eigenvalue weighted by Crippen LogP contribution is 2.46. The van der Waals surface area contributed by atoms with E-state index in [2.05, 4.69) is 21.9 Å². The number of pyridine rings is 1. The van der Waals surface area contributed by atoms with Gasteiger partial charge in [-0.25, -0.2) is 9.79 Å². The molecule has 174 valence electrons. The summed E-state index contributed by atoms with van der Waals surface area (Å²) in [7, 11) is 0. The van der Waals surface area contributed by atoms with E-state index < -0.39 is 12.0 Å². The van der Waals surface area contributed by atoms with E-state index in [-0.39, 0.29) is 18.9 Å². The Morgan fingerprint density at radius 2 is 2.03 bits per heavy atom. The summed E-state index contributed by atoms with van der Waals surface area (Å²) in [6.07, 6.45) is 5.00. The van der Waals surface area contributed by atoms with Gasteiger partial charge in [-0.15, -0.1) is 0 Å². The van der Waals surface area contributed by atoms with Gasteiger partial charge in [-0.1, -0.05) is 54.2 Å². The number of esters is 1. The number of amides is 1. The van der Waals surface area contributed by atoms with E-state index in [0.29, 0.717) is 28.0 Å². The molecule has 1 aromatic heterocycles. The molecule has 0 aliphatic carbocycles. The van der Waals surface area contributed by atoms with E-state index in [4.69, 9.17) is 16.3 Å². The fourth-order valence-electron chi connectivity index (χ4n) is 3.76. The number of carbonyl (C=O) groups is 2. The zero-order chi connectivity index (χ0) is 24.1. The van der Waals surface area contributed by atoms with Crippen molar-refractivity contribution in [2.75, 3.05) is 6.61 Å². The molecule has 34 heavy (non-hydrogen) atoms. The highest BCUT2D eigenvalue weighted by atomic mass is 35.5. The van der Waals surface area contributed by atoms with Crippen LogP contribution in [0.1, 0.15) is 30.5 Å². The first kappa shape index (κ1) is 23.8. The van der Waals surface area contributed by atoms with Crippen LogP contribution in [0.15, 0.2) is 88.8 Å². The SMILES string of the molecule is C=CCOC(=O)C1=C(C)N=C2SC=C(CC(=O)NCc3ccncc3)N2[C@@H]1c1ccccc1Cl. The number of halogens is 1. The normalized spacial score (nSPS) is 17.0. The minimum atomic E-state index is -0.576. The van der Waals surface area contributed by atoms with Crippen LogP contribution < -0.4 is 5.32 Å². The number of nitrogens with one attached hydrogen (secondary N) is 1. The van der Waals surface area contributed by atoms with Gasteiger partial charge >= 0.3 is 5.97 Å². The van der Waals surface area contributed by atoms with Crippen molar-refractivity contribution in [3.05, 3.63) is 100.0 Å². The molecule has 1 N–H and O–H groups in total. The molecule has 9 heteroatoms. The predicted octanol–water partition coefficient (Wildman–Crippen LogP) is 4.75. The number of nitrogens with zero attached hydrogens (tertiary/aromatic N) is 3. The Morgan fingerprint density at radius 1 is 1.26 bits per heavy atom. The summed E-state index contributed by atoms with van der Waals surface area (Å²) < 4.78 is 5.38. The second kappa shape index (κ2) is 10.7. The Balaban J connectivity index is 1.62. The van der Waals surface area contributed by atoms with Gasteiger partial charge in [0.1, 0.15) is 6.61 Å². The minimum Gasteiger partial charge on any atom is -0.458 e. The topological polar surface area (TPSA) is 83.9 Å². The molecule has 2 aliphatic heterocycles. The molecule has 0 saturated carbocycles. The number of carbonyl (C=O) groups excluding carboxylic acids is 2. The molecule has 3 heterocycles. The number of ether oxygens (including phenoxy) is 1. The molecular formula is C25H23ClN4O3S. The number of aliphatic imine (C=N–C) groups is 1. The van der Waals surface area contributed by atoms with E-state index in [1.807, 2.05) is 40.6 Å². The maximum Gasteiger partial charge on any atom is 0.338 e. The molecule has 0 saturated heterocycles. The summed E-state index contributed by atoms with van der Waals surface area (Å²) in [4.78, 5) is 36.4. The van der Waals surface area contributed by atoms with Gasteiger partial charge in [0.05, 0.1) is 23.7 Å². The Bertz CT molecular complexity index is 1210. The van der Waals surface area contributed by atoms with E-state index >= 15 is 0 Å². The van der Waals surface area contributed by atoms with Crippen molar-refractivity contribution in [2.45, 2.75) is 25.9 Å². The first-order valence-corrected chi connectivity index (χ1v) is 11.9. The lowest BCUT2D eigenvalue weighted by Gasteiger charge is -2.36. The van der Waals surface area contributed by atoms with Gasteiger partial charge in [0, 0.05) is 29.7 Å². The first-order valence-electron chi connectivity index (χ1n) is 10.6. The number of benzene rings is 1. The summed E-state index contributed by atoms with van der Waals surface area (Å²) in [6.45, 7) is 5.87. The van der Waals surface area contributed by atoms with E-state index in [1.54, 1.807) is 25.4 Å². The fourth-order valence-corrected chi connectivity index (χ4v) is 4.97. The molecule has 7 nitrogen and oxygen atoms in total. The molecular weight excluding hydrogens is 472 g/mol. The average molecular weight is 495 g/mol. The zero-order valence-corrected chi connectivity index (χ0v) is 20.1. The second-order valence-electron chi connectivity index (χ2n) is 7.61. The third-order valence-electron chi connectivity index (χ3n) is 5.33. The van der Waals surface area contributed by atoms with Gasteiger partial charge in [0.25, 0.3) is 0 Å². The molecule has 2 aliphatic rings. The van der Waals surface area contributed by atoms with Gasteiger partial charge < -0.3 is 15.0 Å². The van der Waals surface area contributed by atoms with Crippen LogP contribution in [0, 0.1) is 0 Å². The Labute approximate surface area is 207 Å². The molecule has 0 radical (unpaired) electrons. The van der Waals surface area contributed by atoms with Crippen molar-refractivity contribution < 1.29 is 14.3 Å². The van der Waals surface area contributed by atoms with Crippen LogP contribution in [0.2, 0.25) is 5.02 Å². The Hall–Kier alpha value is -3.36. The lowest BCUT2D eigenvalue weighted by Crippen LogP contribution is -2.38. The summed E-state index contributed by atoms with van der Waals surface area (Å²) in [5, 5.41) is 6.01. The summed E-state index contributed by atoms with van der Waals surface area (Å²) in [6, 6.07) is 10.5. The van der Waals surface area contributed by atoms with Gasteiger partial charge in [-0.2, -0.15) is 0 Å². The monoisotopic (exact) mass is 494 g/mol. The maximum atomic E-state index is 13.1. The van der Waals surface area contributed by atoms with Crippen molar-refractivity contribution in [1.82, 2.24) is 15.2 Å². The summed E-state index contributed by atoms with van der Waals surface area (Å²) in [5.74, 6) is -0.645. The number of hydrogen-bond acceptors (Lipinski definition) is 7. The number of hydrogen-bond donors (Lipinski definition) is 1. The third-order valence-corrected chi connectivity index (χ3v) is 6.57. The third kappa shape index (κ3) is 5.08. The van der Waals surface area contributed by atoms with E-state index in [1.165, 1.54) is 17.8 Å². The van der Waals surface area contributed by atoms with Crippen LogP contribution in [0.4, 0.5) is 0 Å². The van der Waals surface area contributed by atoms with Crippen LogP contribution >= 0.6 is 23.4 Å². The molecule has 0 spiro atoms. The molecule has 1 amide bonds. The number of thioether (sulfide) groups is 1. The molecule has 0 bridgehead atoms. The van der Waals surface area contributed by atoms with Crippen molar-refractivity contribution in [1.29, 1.82) is 0 Å².